The minimum atomic E-state index is -0.231. The van der Waals surface area contributed by atoms with E-state index >= 15 is 0 Å². The fourth-order valence-corrected chi connectivity index (χ4v) is 6.34. The highest BCUT2D eigenvalue weighted by molar-refractivity contribution is 7.30. The summed E-state index contributed by atoms with van der Waals surface area (Å²) in [5.41, 5.74) is -0.436. The second-order valence-electron chi connectivity index (χ2n) is 8.82. The molecule has 0 bridgehead atoms. The molecule has 2 saturated carbocycles. The van der Waals surface area contributed by atoms with Gasteiger partial charge in [-0.05, 0) is 39.8 Å². The van der Waals surface area contributed by atoms with Gasteiger partial charge in [0.05, 0.1) is 22.4 Å². The van der Waals surface area contributed by atoms with E-state index in [0.29, 0.717) is 0 Å². The van der Waals surface area contributed by atoms with Crippen molar-refractivity contribution >= 4 is 46.5 Å². The summed E-state index contributed by atoms with van der Waals surface area (Å²) in [6.07, 6.45) is 1.98. The molecule has 4 atom stereocenters. The molecular weight excluding hydrogens is 390 g/mol. The summed E-state index contributed by atoms with van der Waals surface area (Å²) in [5.74, 6) is 0. The van der Waals surface area contributed by atoms with Crippen LogP contribution in [0.25, 0.3) is 9.75 Å². The fraction of sp³-hybridized carbons (Fsp3) is 0.600. The van der Waals surface area contributed by atoms with Crippen LogP contribution in [-0.2, 0) is 18.6 Å². The molecule has 4 nitrogen and oxygen atoms in total. The minimum absolute atomic E-state index is 0.109. The van der Waals surface area contributed by atoms with E-state index in [2.05, 4.69) is 52.0 Å². The Morgan fingerprint density at radius 3 is 1.29 bits per heavy atom. The van der Waals surface area contributed by atoms with E-state index in [1.807, 2.05) is 13.8 Å². The van der Waals surface area contributed by atoms with Gasteiger partial charge < -0.3 is 18.6 Å². The van der Waals surface area contributed by atoms with Crippen molar-refractivity contribution in [1.82, 2.24) is 0 Å². The summed E-state index contributed by atoms with van der Waals surface area (Å²) in [6.45, 7) is 12.6. The highest BCUT2D eigenvalue weighted by Crippen LogP contribution is 2.59. The lowest BCUT2D eigenvalue weighted by atomic mass is 9.87. The molecule has 148 valence electrons. The van der Waals surface area contributed by atoms with Gasteiger partial charge in [-0.1, -0.05) is 26.0 Å². The van der Waals surface area contributed by atoms with E-state index in [-0.39, 0.29) is 36.6 Å². The van der Waals surface area contributed by atoms with Gasteiger partial charge in [-0.2, -0.15) is 0 Å². The minimum Gasteiger partial charge on any atom is -0.398 e. The van der Waals surface area contributed by atoms with Crippen LogP contribution < -0.4 is 9.55 Å². The van der Waals surface area contributed by atoms with Crippen LogP contribution in [0, 0.1) is 0 Å². The van der Waals surface area contributed by atoms with Gasteiger partial charge in [-0.25, -0.2) is 0 Å². The molecule has 2 aliphatic heterocycles. The van der Waals surface area contributed by atoms with Crippen molar-refractivity contribution in [2.24, 2.45) is 0 Å². The Bertz CT molecular complexity index is 825. The fourth-order valence-electron chi connectivity index (χ4n) is 4.31. The van der Waals surface area contributed by atoms with Gasteiger partial charge in [-0.3, -0.25) is 0 Å². The molecule has 2 aromatic rings. The normalized spacial score (nSPS) is 40.1. The zero-order valence-electron chi connectivity index (χ0n) is 17.3. The molecule has 0 radical (unpaired) electrons. The quantitative estimate of drug-likeness (QED) is 0.713. The first-order valence-electron chi connectivity index (χ1n) is 10.1. The molecule has 28 heavy (non-hydrogen) atoms. The molecule has 4 fully saturated rings. The summed E-state index contributed by atoms with van der Waals surface area (Å²) < 4.78 is 26.8. The van der Waals surface area contributed by atoms with Crippen molar-refractivity contribution in [3.8, 4) is 9.75 Å². The van der Waals surface area contributed by atoms with Gasteiger partial charge in [0.1, 0.15) is 0 Å². The average Bonchev–Trinajstić information content (AvgIpc) is 3.14. The first-order valence-corrected chi connectivity index (χ1v) is 11.8. The monoisotopic (exact) mass is 416 g/mol. The summed E-state index contributed by atoms with van der Waals surface area (Å²) in [4.78, 5) is 2.47. The Morgan fingerprint density at radius 1 is 0.643 bits per heavy atom. The van der Waals surface area contributed by atoms with Crippen LogP contribution in [0.4, 0.5) is 0 Å². The van der Waals surface area contributed by atoms with Crippen molar-refractivity contribution < 1.29 is 18.6 Å². The van der Waals surface area contributed by atoms with Gasteiger partial charge in [0.2, 0.25) is 0 Å². The Kier molecular flexibility index (Phi) is 4.12. The van der Waals surface area contributed by atoms with Gasteiger partial charge in [0.25, 0.3) is 0 Å². The van der Waals surface area contributed by atoms with E-state index in [1.54, 1.807) is 22.7 Å². The lowest BCUT2D eigenvalue weighted by Gasteiger charge is -2.08. The topological polar surface area (TPSA) is 36.9 Å². The summed E-state index contributed by atoms with van der Waals surface area (Å²) >= 11 is 3.49. The van der Waals surface area contributed by atoms with E-state index in [9.17, 15) is 0 Å². The molecule has 2 aromatic heterocycles. The van der Waals surface area contributed by atoms with E-state index < -0.39 is 0 Å². The van der Waals surface area contributed by atoms with Gasteiger partial charge in [-0.15, -0.1) is 22.7 Å². The maximum absolute atomic E-state index is 6.14. The molecule has 4 aliphatic rings. The lowest BCUT2D eigenvalue weighted by molar-refractivity contribution is 0.187. The second-order valence-corrected chi connectivity index (χ2v) is 11.0. The van der Waals surface area contributed by atoms with Crippen LogP contribution in [0.2, 0.25) is 0 Å². The number of hydrogen-bond donors (Lipinski definition) is 0. The molecule has 8 heteroatoms. The Balaban J connectivity index is 0.000000829. The zero-order valence-corrected chi connectivity index (χ0v) is 19.0. The maximum Gasteiger partial charge on any atom is 0.505 e. The van der Waals surface area contributed by atoms with Crippen molar-refractivity contribution in [3.05, 3.63) is 24.3 Å². The predicted molar refractivity (Wildman–Crippen MR) is 117 cm³/mol. The van der Waals surface area contributed by atoms with Crippen molar-refractivity contribution in [1.29, 1.82) is 0 Å². The SMILES string of the molecule is CC.CC12CC1(C)OB(c1ccc(-c3ccc(B4OC5(C)CC5(C)O4)s3)s1)O2. The highest BCUT2D eigenvalue weighted by atomic mass is 32.1. The smallest absolute Gasteiger partial charge is 0.398 e. The Morgan fingerprint density at radius 2 is 0.964 bits per heavy atom. The molecule has 0 aromatic carbocycles. The molecule has 2 saturated heterocycles. The summed E-state index contributed by atoms with van der Waals surface area (Å²) in [5, 5.41) is 0. The molecule has 4 unspecified atom stereocenters. The first-order chi connectivity index (χ1) is 13.2. The third kappa shape index (κ3) is 2.65. The molecule has 0 spiro atoms. The largest absolute Gasteiger partial charge is 0.505 e. The lowest BCUT2D eigenvalue weighted by Crippen LogP contribution is -2.33. The van der Waals surface area contributed by atoms with E-state index in [1.165, 1.54) is 9.75 Å². The Hall–Kier alpha value is -0.630. The average molecular weight is 416 g/mol. The van der Waals surface area contributed by atoms with Gasteiger partial charge >= 0.3 is 14.2 Å². The van der Waals surface area contributed by atoms with Crippen LogP contribution in [0.3, 0.4) is 0 Å². The first kappa shape index (κ1) is 19.3. The number of rotatable bonds is 3. The van der Waals surface area contributed by atoms with Crippen LogP contribution in [0.15, 0.2) is 24.3 Å². The molecule has 0 amide bonds. The van der Waals surface area contributed by atoms with Crippen molar-refractivity contribution in [2.75, 3.05) is 0 Å². The predicted octanol–water partition coefficient (Wildman–Crippen LogP) is 3.83. The van der Waals surface area contributed by atoms with Crippen LogP contribution in [0.1, 0.15) is 54.4 Å². The molecule has 4 heterocycles. The molecule has 0 N–H and O–H groups in total. The second kappa shape index (κ2) is 5.96. The number of thiophene rings is 2. The standard InChI is InChI=1S/C18H20B2O4S2.C2H6/c1-15-9-16(15,2)22-19(21-15)13-7-5-11(25-13)12-6-8-14(26-12)20-23-17(3)10-18(17,4)24-20;1-2/h5-8H,9-10H2,1-4H3;1-2H3. The highest BCUT2D eigenvalue weighted by Gasteiger charge is 2.72. The third-order valence-electron chi connectivity index (χ3n) is 6.77. The maximum atomic E-state index is 6.14. The number of fused-ring (bicyclic) bond motifs is 2. The van der Waals surface area contributed by atoms with Crippen LogP contribution in [0.5, 0.6) is 0 Å². The van der Waals surface area contributed by atoms with Crippen molar-refractivity contribution in [2.45, 2.75) is 76.8 Å². The summed E-state index contributed by atoms with van der Waals surface area (Å²) in [6, 6.07) is 8.57. The third-order valence-corrected chi connectivity index (χ3v) is 9.18. The van der Waals surface area contributed by atoms with E-state index in [4.69, 9.17) is 18.6 Å². The Labute approximate surface area is 175 Å². The van der Waals surface area contributed by atoms with Crippen molar-refractivity contribution in [3.63, 3.8) is 0 Å². The molecule has 2 aliphatic carbocycles. The molecule has 6 rings (SSSR count). The van der Waals surface area contributed by atoms with Crippen LogP contribution >= 0.6 is 22.7 Å². The number of hydrogen-bond acceptors (Lipinski definition) is 6. The van der Waals surface area contributed by atoms with Gasteiger partial charge in [0, 0.05) is 32.1 Å². The summed E-state index contributed by atoms with van der Waals surface area (Å²) in [7, 11) is -0.462. The van der Waals surface area contributed by atoms with Gasteiger partial charge in [0.15, 0.2) is 0 Å². The zero-order chi connectivity index (χ0) is 19.9. The molecular formula is C20H26B2O4S2. The van der Waals surface area contributed by atoms with E-state index in [0.717, 1.165) is 22.4 Å². The van der Waals surface area contributed by atoms with Crippen LogP contribution in [-0.4, -0.2) is 36.6 Å².